The summed E-state index contributed by atoms with van der Waals surface area (Å²) in [5, 5.41) is 11.7. The topological polar surface area (TPSA) is 118 Å². The number of primary amides is 1. The molecule has 0 spiro atoms. The quantitative estimate of drug-likeness (QED) is 0.631. The zero-order chi connectivity index (χ0) is 20.6. The molecule has 2 aromatic carbocycles. The summed E-state index contributed by atoms with van der Waals surface area (Å²) in [7, 11) is 0. The van der Waals surface area contributed by atoms with Crippen molar-refractivity contribution in [2.45, 2.75) is 0 Å². The van der Waals surface area contributed by atoms with Gasteiger partial charge in [-0.25, -0.2) is 4.98 Å². The van der Waals surface area contributed by atoms with E-state index in [4.69, 9.17) is 15.7 Å². The molecule has 0 fully saturated rings. The number of benzene rings is 2. The molecule has 0 unspecified atom stereocenters. The summed E-state index contributed by atoms with van der Waals surface area (Å²) in [6.45, 7) is 0. The van der Waals surface area contributed by atoms with Crippen LogP contribution in [0.4, 0.5) is 5.69 Å². The van der Waals surface area contributed by atoms with Crippen molar-refractivity contribution in [2.24, 2.45) is 5.73 Å². The second-order valence-electron chi connectivity index (χ2n) is 5.90. The van der Waals surface area contributed by atoms with Gasteiger partial charge >= 0.3 is 0 Å². The highest BCUT2D eigenvalue weighted by Gasteiger charge is 2.05. The summed E-state index contributed by atoms with van der Waals surface area (Å²) in [5.74, 6) is -0.193. The summed E-state index contributed by atoms with van der Waals surface area (Å²) < 4.78 is 5.58. The van der Waals surface area contributed by atoms with E-state index in [-0.39, 0.29) is 5.91 Å². The highest BCUT2D eigenvalue weighted by Crippen LogP contribution is 2.21. The zero-order valence-electron chi connectivity index (χ0n) is 15.2. The fourth-order valence-electron chi connectivity index (χ4n) is 2.44. The Morgan fingerprint density at radius 1 is 1.10 bits per heavy atom. The van der Waals surface area contributed by atoms with E-state index >= 15 is 0 Å². The van der Waals surface area contributed by atoms with Crippen LogP contribution in [-0.2, 0) is 4.79 Å². The molecule has 7 heteroatoms. The Bertz CT molecular complexity index is 1120. The van der Waals surface area contributed by atoms with Crippen LogP contribution >= 0.6 is 0 Å². The Morgan fingerprint density at radius 3 is 2.66 bits per heavy atom. The summed E-state index contributed by atoms with van der Waals surface area (Å²) in [5.41, 5.74) is 7.20. The first-order valence-electron chi connectivity index (χ1n) is 8.57. The molecule has 0 aliphatic rings. The van der Waals surface area contributed by atoms with E-state index in [0.717, 1.165) is 0 Å². The first-order valence-corrected chi connectivity index (χ1v) is 8.57. The van der Waals surface area contributed by atoms with Gasteiger partial charge in [0.05, 0.1) is 23.5 Å². The van der Waals surface area contributed by atoms with Crippen molar-refractivity contribution in [2.75, 3.05) is 5.32 Å². The van der Waals surface area contributed by atoms with Crippen molar-refractivity contribution in [1.82, 2.24) is 4.98 Å². The number of nitriles is 1. The smallest absolute Gasteiger partial charge is 0.248 e. The van der Waals surface area contributed by atoms with E-state index in [2.05, 4.69) is 16.4 Å². The third-order valence-electron chi connectivity index (χ3n) is 3.84. The summed E-state index contributed by atoms with van der Waals surface area (Å²) in [6.07, 6.45) is 4.36. The molecule has 3 aromatic rings. The minimum absolute atomic E-state index is 0.295. The van der Waals surface area contributed by atoms with Crippen molar-refractivity contribution >= 4 is 23.6 Å². The minimum Gasteiger partial charge on any atom is -0.439 e. The lowest BCUT2D eigenvalue weighted by atomic mass is 10.1. The third kappa shape index (κ3) is 5.28. The largest absolute Gasteiger partial charge is 0.439 e. The number of aromatic nitrogens is 1. The molecule has 0 radical (unpaired) electrons. The lowest BCUT2D eigenvalue weighted by Crippen LogP contribution is -2.10. The zero-order valence-corrected chi connectivity index (χ0v) is 15.2. The van der Waals surface area contributed by atoms with E-state index in [0.29, 0.717) is 34.0 Å². The number of pyridine rings is 1. The summed E-state index contributed by atoms with van der Waals surface area (Å²) in [4.78, 5) is 27.4. The lowest BCUT2D eigenvalue weighted by Gasteiger charge is -2.07. The predicted octanol–water partition coefficient (Wildman–Crippen LogP) is 3.50. The van der Waals surface area contributed by atoms with Crippen molar-refractivity contribution in [3.63, 3.8) is 0 Å². The molecule has 0 aliphatic carbocycles. The van der Waals surface area contributed by atoms with E-state index in [1.807, 2.05) is 0 Å². The van der Waals surface area contributed by atoms with Gasteiger partial charge < -0.3 is 15.8 Å². The number of nitrogens with zero attached hydrogens (tertiary/aromatic N) is 2. The molecule has 142 valence electrons. The fraction of sp³-hybridized carbons (Fsp3) is 0. The molecule has 1 aromatic heterocycles. The number of carbonyl (C=O) groups excluding carboxylic acids is 2. The highest BCUT2D eigenvalue weighted by molar-refractivity contribution is 6.02. The van der Waals surface area contributed by atoms with Crippen LogP contribution in [0.5, 0.6) is 11.6 Å². The molecule has 1 heterocycles. The number of carbonyl (C=O) groups is 2. The maximum atomic E-state index is 12.1. The number of amides is 2. The summed E-state index contributed by atoms with van der Waals surface area (Å²) >= 11 is 0. The lowest BCUT2D eigenvalue weighted by molar-refractivity contribution is -0.111. The van der Waals surface area contributed by atoms with Gasteiger partial charge in [0.15, 0.2) is 0 Å². The first kappa shape index (κ1) is 19.3. The molecule has 0 atom stereocenters. The van der Waals surface area contributed by atoms with Gasteiger partial charge in [0.2, 0.25) is 17.7 Å². The normalized spacial score (nSPS) is 10.3. The van der Waals surface area contributed by atoms with E-state index < -0.39 is 5.91 Å². The van der Waals surface area contributed by atoms with Gasteiger partial charge in [0.25, 0.3) is 0 Å². The van der Waals surface area contributed by atoms with Crippen LogP contribution in [-0.4, -0.2) is 16.8 Å². The number of nitrogens with two attached hydrogens (primary N) is 1. The number of ether oxygens (including phenoxy) is 1. The monoisotopic (exact) mass is 384 g/mol. The second-order valence-corrected chi connectivity index (χ2v) is 5.90. The highest BCUT2D eigenvalue weighted by atomic mass is 16.5. The van der Waals surface area contributed by atoms with Crippen molar-refractivity contribution in [3.8, 4) is 17.7 Å². The first-order chi connectivity index (χ1) is 14.0. The molecule has 0 saturated carbocycles. The van der Waals surface area contributed by atoms with E-state index in [9.17, 15) is 9.59 Å². The summed E-state index contributed by atoms with van der Waals surface area (Å²) in [6, 6.07) is 18.7. The van der Waals surface area contributed by atoms with E-state index in [1.165, 1.54) is 18.3 Å². The van der Waals surface area contributed by atoms with Crippen molar-refractivity contribution in [1.29, 1.82) is 5.26 Å². The molecule has 2 amide bonds. The molecule has 29 heavy (non-hydrogen) atoms. The Morgan fingerprint density at radius 2 is 1.93 bits per heavy atom. The SMILES string of the molecule is N#Cc1ccccc1/C=C/C(=O)Nc1ccc(Oc2cccc(C(N)=O)c2)nc1. The van der Waals surface area contributed by atoms with Crippen LogP contribution in [0.15, 0.2) is 72.9 Å². The van der Waals surface area contributed by atoms with Gasteiger partial charge in [-0.15, -0.1) is 0 Å². The Kier molecular flexibility index (Phi) is 5.98. The van der Waals surface area contributed by atoms with Gasteiger partial charge in [-0.1, -0.05) is 24.3 Å². The maximum Gasteiger partial charge on any atom is 0.248 e. The average molecular weight is 384 g/mol. The third-order valence-corrected chi connectivity index (χ3v) is 3.84. The van der Waals surface area contributed by atoms with Crippen LogP contribution in [0.25, 0.3) is 6.08 Å². The molecule has 3 rings (SSSR count). The predicted molar refractivity (Wildman–Crippen MR) is 108 cm³/mol. The number of hydrogen-bond acceptors (Lipinski definition) is 5. The number of rotatable bonds is 6. The van der Waals surface area contributed by atoms with Crippen LogP contribution in [0.3, 0.4) is 0 Å². The standard InChI is InChI=1S/C22H16N4O3/c23-13-17-5-2-1-4-15(17)8-10-20(27)26-18-9-11-21(25-14-18)29-19-7-3-6-16(12-19)22(24)28/h1-12,14H,(H2,24,28)(H,26,27)/b10-8+. The van der Waals surface area contributed by atoms with Crippen molar-refractivity contribution in [3.05, 3.63) is 89.6 Å². The Balaban J connectivity index is 1.62. The molecule has 0 saturated heterocycles. The number of hydrogen-bond donors (Lipinski definition) is 2. The van der Waals surface area contributed by atoms with Gasteiger partial charge in [-0.3, -0.25) is 9.59 Å². The van der Waals surface area contributed by atoms with Crippen LogP contribution in [0, 0.1) is 11.3 Å². The minimum atomic E-state index is -0.549. The van der Waals surface area contributed by atoms with Crippen LogP contribution in [0.1, 0.15) is 21.5 Å². The van der Waals surface area contributed by atoms with Crippen LogP contribution in [0.2, 0.25) is 0 Å². The van der Waals surface area contributed by atoms with Gasteiger partial charge in [0.1, 0.15) is 5.75 Å². The molecule has 0 aliphatic heterocycles. The van der Waals surface area contributed by atoms with Crippen LogP contribution < -0.4 is 15.8 Å². The van der Waals surface area contributed by atoms with Gasteiger partial charge in [-0.2, -0.15) is 5.26 Å². The second kappa shape index (κ2) is 8.97. The maximum absolute atomic E-state index is 12.1. The molecular weight excluding hydrogens is 368 g/mol. The number of anilines is 1. The average Bonchev–Trinajstić information content (AvgIpc) is 2.74. The molecular formula is C22H16N4O3. The van der Waals surface area contributed by atoms with Crippen molar-refractivity contribution < 1.29 is 14.3 Å². The van der Waals surface area contributed by atoms with Gasteiger partial charge in [0, 0.05) is 17.7 Å². The molecule has 0 bridgehead atoms. The molecule has 7 nitrogen and oxygen atoms in total. The fourth-order valence-corrected chi connectivity index (χ4v) is 2.44. The van der Waals surface area contributed by atoms with Gasteiger partial charge in [-0.05, 0) is 42.0 Å². The Hall–Kier alpha value is -4.44. The van der Waals surface area contributed by atoms with E-state index in [1.54, 1.807) is 60.7 Å². The number of nitrogens with one attached hydrogen (secondary N) is 1. The molecule has 3 N–H and O–H groups in total. The Labute approximate surface area is 167 Å².